The van der Waals surface area contributed by atoms with E-state index in [0.29, 0.717) is 5.88 Å². The number of carbonyl (C=O) groups excluding carboxylic acids is 1. The summed E-state index contributed by atoms with van der Waals surface area (Å²) < 4.78 is 4.53. The molecule has 0 aliphatic carbocycles. The van der Waals surface area contributed by atoms with Gasteiger partial charge in [0.05, 0.1) is 5.55 Å². The first-order chi connectivity index (χ1) is 5.31. The summed E-state index contributed by atoms with van der Waals surface area (Å²) in [7, 11) is 0. The van der Waals surface area contributed by atoms with E-state index in [9.17, 15) is 4.79 Å². The van der Waals surface area contributed by atoms with Crippen LogP contribution < -0.4 is 5.73 Å². The maximum Gasteiger partial charge on any atom is 0.434 e. The Bertz CT molecular complexity index is 159. The maximum atomic E-state index is 10.6. The number of amides is 1. The first-order valence-electron chi connectivity index (χ1n) is 2.93. The molecule has 0 saturated heterocycles. The van der Waals surface area contributed by atoms with Crippen molar-refractivity contribution >= 4 is 23.4 Å². The predicted molar refractivity (Wildman–Crippen MR) is 46.7 cm³/mol. The second kappa shape index (κ2) is 7.30. The highest BCUT2D eigenvalue weighted by atomic mass is 32.2. The smallest absolute Gasteiger partial charge is 0.434 e. The van der Waals surface area contributed by atoms with Gasteiger partial charge in [-0.25, -0.2) is 4.79 Å². The van der Waals surface area contributed by atoms with Crippen LogP contribution in [0.15, 0.2) is 17.6 Å². The number of rotatable bonds is 4. The number of ether oxygens (including phenoxy) is 1. The van der Waals surface area contributed by atoms with Crippen molar-refractivity contribution in [2.45, 2.75) is 0 Å². The molecular formula is C6H10N2O2S. The highest BCUT2D eigenvalue weighted by molar-refractivity contribution is 8.12. The molecule has 0 fully saturated rings. The van der Waals surface area contributed by atoms with Crippen molar-refractivity contribution in [3.8, 4) is 0 Å². The molecule has 4 nitrogen and oxygen atoms in total. The summed E-state index contributed by atoms with van der Waals surface area (Å²) in [5.41, 5.74) is 6.47. The van der Waals surface area contributed by atoms with Crippen molar-refractivity contribution < 1.29 is 9.53 Å². The third kappa shape index (κ3) is 7.08. The lowest BCUT2D eigenvalue weighted by atomic mass is 10.7. The van der Waals surface area contributed by atoms with Gasteiger partial charge in [0.2, 0.25) is 0 Å². The lowest BCUT2D eigenvalue weighted by molar-refractivity contribution is 0.170. The fourth-order valence-corrected chi connectivity index (χ4v) is 0.537. The molecule has 0 heterocycles. The monoisotopic (exact) mass is 174 g/mol. The Morgan fingerprint density at radius 2 is 2.55 bits per heavy atom. The van der Waals surface area contributed by atoms with Crippen LogP contribution >= 0.6 is 11.8 Å². The number of hydrogen-bond acceptors (Lipinski definition) is 4. The molecule has 2 N–H and O–H groups in total. The molecule has 1 amide bonds. The van der Waals surface area contributed by atoms with Crippen LogP contribution in [-0.2, 0) is 4.74 Å². The Hall–Kier alpha value is -0.810. The van der Waals surface area contributed by atoms with E-state index in [0.717, 1.165) is 0 Å². The first kappa shape index (κ1) is 10.2. The highest BCUT2D eigenvalue weighted by Crippen LogP contribution is 1.90. The van der Waals surface area contributed by atoms with Gasteiger partial charge in [0.15, 0.2) is 0 Å². The molecule has 5 heteroatoms. The van der Waals surface area contributed by atoms with E-state index in [1.165, 1.54) is 23.4 Å². The van der Waals surface area contributed by atoms with Gasteiger partial charge in [0, 0.05) is 5.88 Å². The van der Waals surface area contributed by atoms with Gasteiger partial charge in [0.25, 0.3) is 0 Å². The van der Waals surface area contributed by atoms with Crippen LogP contribution in [-0.4, -0.2) is 24.1 Å². The van der Waals surface area contributed by atoms with Crippen LogP contribution in [0.4, 0.5) is 4.79 Å². The molecule has 0 rings (SSSR count). The summed E-state index contributed by atoms with van der Waals surface area (Å²) in [5.74, 6) is 0.401. The van der Waals surface area contributed by atoms with Crippen LogP contribution in [0.5, 0.6) is 0 Å². The Labute approximate surface area is 69.5 Å². The minimum Gasteiger partial charge on any atom is -0.444 e. The molecule has 0 unspecified atom stereocenters. The topological polar surface area (TPSA) is 64.7 Å². The van der Waals surface area contributed by atoms with Gasteiger partial charge in [-0.05, 0) is 0 Å². The Kier molecular flexibility index (Phi) is 6.76. The number of aliphatic imine (C=N–C) groups is 1. The average molecular weight is 174 g/mol. The second-order valence-electron chi connectivity index (χ2n) is 1.43. The van der Waals surface area contributed by atoms with E-state index in [2.05, 4.69) is 16.3 Å². The van der Waals surface area contributed by atoms with Gasteiger partial charge < -0.3 is 10.5 Å². The fourth-order valence-electron chi connectivity index (χ4n) is 0.291. The number of carbonyl (C=O) groups is 1. The van der Waals surface area contributed by atoms with Crippen LogP contribution in [0, 0.1) is 0 Å². The quantitative estimate of drug-likeness (QED) is 0.299. The summed E-state index contributed by atoms with van der Waals surface area (Å²) in [5, 5.41) is 0. The summed E-state index contributed by atoms with van der Waals surface area (Å²) in [6.07, 6.45) is 0.856. The largest absolute Gasteiger partial charge is 0.444 e. The third-order valence-corrected chi connectivity index (χ3v) is 1.10. The Morgan fingerprint density at radius 3 is 3.09 bits per heavy atom. The minimum absolute atomic E-state index is 0.184. The zero-order chi connectivity index (χ0) is 8.53. The SMILES string of the molecule is C=CCOC(=O)N=CSCN. The molecule has 0 radical (unpaired) electrons. The second-order valence-corrected chi connectivity index (χ2v) is 2.31. The lowest BCUT2D eigenvalue weighted by Gasteiger charge is -1.93. The number of thioether (sulfide) groups is 1. The summed E-state index contributed by atoms with van der Waals surface area (Å²) in [6.45, 7) is 3.56. The first-order valence-corrected chi connectivity index (χ1v) is 3.98. The molecule has 0 atom stereocenters. The van der Waals surface area contributed by atoms with Crippen molar-refractivity contribution in [2.75, 3.05) is 12.5 Å². The van der Waals surface area contributed by atoms with Crippen molar-refractivity contribution in [1.29, 1.82) is 0 Å². The zero-order valence-electron chi connectivity index (χ0n) is 6.03. The van der Waals surface area contributed by atoms with Crippen LogP contribution in [0.2, 0.25) is 0 Å². The van der Waals surface area contributed by atoms with Crippen molar-refractivity contribution in [3.05, 3.63) is 12.7 Å². The number of nitrogens with two attached hydrogens (primary N) is 1. The highest BCUT2D eigenvalue weighted by Gasteiger charge is 1.93. The van der Waals surface area contributed by atoms with E-state index in [-0.39, 0.29) is 6.61 Å². The molecule has 11 heavy (non-hydrogen) atoms. The van der Waals surface area contributed by atoms with Crippen LogP contribution in [0.3, 0.4) is 0 Å². The predicted octanol–water partition coefficient (Wildman–Crippen LogP) is 0.987. The van der Waals surface area contributed by atoms with Gasteiger partial charge in [-0.3, -0.25) is 0 Å². The van der Waals surface area contributed by atoms with E-state index in [4.69, 9.17) is 5.73 Å². The summed E-state index contributed by atoms with van der Waals surface area (Å²) in [4.78, 5) is 14.0. The fraction of sp³-hybridized carbons (Fsp3) is 0.333. The van der Waals surface area contributed by atoms with E-state index in [1.807, 2.05) is 0 Å². The summed E-state index contributed by atoms with van der Waals surface area (Å²) in [6, 6.07) is 0. The van der Waals surface area contributed by atoms with E-state index < -0.39 is 6.09 Å². The molecule has 0 aliphatic heterocycles. The van der Waals surface area contributed by atoms with Gasteiger partial charge >= 0.3 is 6.09 Å². The molecule has 62 valence electrons. The number of nitrogens with zero attached hydrogens (tertiary/aromatic N) is 1. The lowest BCUT2D eigenvalue weighted by Crippen LogP contribution is -1.98. The Morgan fingerprint density at radius 1 is 1.82 bits per heavy atom. The maximum absolute atomic E-state index is 10.6. The van der Waals surface area contributed by atoms with Crippen molar-refractivity contribution in [2.24, 2.45) is 10.7 Å². The van der Waals surface area contributed by atoms with E-state index in [1.54, 1.807) is 0 Å². The third-order valence-electron chi connectivity index (χ3n) is 0.654. The summed E-state index contributed by atoms with van der Waals surface area (Å²) >= 11 is 1.23. The molecule has 0 bridgehead atoms. The van der Waals surface area contributed by atoms with Gasteiger partial charge in [-0.15, -0.1) is 0 Å². The minimum atomic E-state index is -0.620. The molecule has 0 aromatic heterocycles. The van der Waals surface area contributed by atoms with Gasteiger partial charge in [0.1, 0.15) is 6.61 Å². The van der Waals surface area contributed by atoms with Gasteiger partial charge in [-0.2, -0.15) is 4.99 Å². The zero-order valence-corrected chi connectivity index (χ0v) is 6.84. The molecule has 0 aromatic carbocycles. The molecular weight excluding hydrogens is 164 g/mol. The molecule has 0 aliphatic rings. The van der Waals surface area contributed by atoms with Crippen LogP contribution in [0.25, 0.3) is 0 Å². The molecule has 0 saturated carbocycles. The van der Waals surface area contributed by atoms with E-state index >= 15 is 0 Å². The van der Waals surface area contributed by atoms with Crippen LogP contribution in [0.1, 0.15) is 0 Å². The standard InChI is InChI=1S/C6H10N2O2S/c1-2-3-10-6(9)8-5-11-4-7/h2,5H,1,3-4,7H2. The number of hydrogen-bond donors (Lipinski definition) is 1. The van der Waals surface area contributed by atoms with Crippen molar-refractivity contribution in [3.63, 3.8) is 0 Å². The molecule has 0 spiro atoms. The average Bonchev–Trinajstić information content (AvgIpc) is 2.01. The van der Waals surface area contributed by atoms with Gasteiger partial charge in [-0.1, -0.05) is 24.4 Å². The Balaban J connectivity index is 3.42. The normalized spacial score (nSPS) is 9.91. The van der Waals surface area contributed by atoms with Crippen molar-refractivity contribution in [1.82, 2.24) is 0 Å². The molecule has 0 aromatic rings.